The number of rotatable bonds is 6. The molecule has 0 aromatic heterocycles. The van der Waals surface area contributed by atoms with Crippen molar-refractivity contribution in [2.45, 2.75) is 45.3 Å². The normalized spacial score (nSPS) is 23.4. The first-order valence-electron chi connectivity index (χ1n) is 7.29. The minimum atomic E-state index is 0.397. The molecule has 1 fully saturated rings. The second kappa shape index (κ2) is 7.39. The number of hydrogen-bond donors (Lipinski definition) is 1. The molecule has 2 rings (SSSR count). The molecular weight excluding hydrogens is 382 g/mol. The highest BCUT2D eigenvalue weighted by atomic mass is 79.9. The van der Waals surface area contributed by atoms with E-state index in [4.69, 9.17) is 4.74 Å². The third kappa shape index (κ3) is 3.85. The number of aryl methyl sites for hydroxylation is 1. The Morgan fingerprint density at radius 3 is 2.60 bits per heavy atom. The van der Waals surface area contributed by atoms with Gasteiger partial charge in [-0.15, -0.1) is 0 Å². The summed E-state index contributed by atoms with van der Waals surface area (Å²) in [5, 5.41) is 3.46. The third-order valence-electron chi connectivity index (χ3n) is 4.17. The molecule has 1 N–H and O–H groups in total. The van der Waals surface area contributed by atoms with Gasteiger partial charge < -0.3 is 10.1 Å². The van der Waals surface area contributed by atoms with Crippen molar-refractivity contribution in [2.75, 3.05) is 13.7 Å². The Labute approximate surface area is 138 Å². The largest absolute Gasteiger partial charge is 0.378 e. The van der Waals surface area contributed by atoms with Gasteiger partial charge in [-0.25, -0.2) is 0 Å². The highest BCUT2D eigenvalue weighted by molar-refractivity contribution is 9.11. The van der Waals surface area contributed by atoms with Gasteiger partial charge in [0, 0.05) is 21.6 Å². The van der Waals surface area contributed by atoms with Gasteiger partial charge in [-0.05, 0) is 69.3 Å². The molecule has 20 heavy (non-hydrogen) atoms. The second-order valence-corrected chi connectivity index (χ2v) is 7.32. The minimum Gasteiger partial charge on any atom is -0.378 e. The van der Waals surface area contributed by atoms with Gasteiger partial charge in [0.25, 0.3) is 0 Å². The number of halogens is 2. The first-order chi connectivity index (χ1) is 9.55. The van der Waals surface area contributed by atoms with E-state index < -0.39 is 0 Å². The van der Waals surface area contributed by atoms with Crippen LogP contribution >= 0.6 is 31.9 Å². The molecule has 1 unspecified atom stereocenters. The molecule has 112 valence electrons. The molecule has 0 heterocycles. The quantitative estimate of drug-likeness (QED) is 0.721. The summed E-state index contributed by atoms with van der Waals surface area (Å²) >= 11 is 7.34. The Morgan fingerprint density at radius 1 is 1.30 bits per heavy atom. The van der Waals surface area contributed by atoms with E-state index >= 15 is 0 Å². The maximum Gasteiger partial charge on any atom is 0.0580 e. The summed E-state index contributed by atoms with van der Waals surface area (Å²) in [6.07, 6.45) is 4.08. The highest BCUT2D eigenvalue weighted by Crippen LogP contribution is 2.39. The SMILES string of the molecule is CCOC1CC(CC(NC)c2cc(Br)c(C)cc2Br)C1. The molecule has 0 spiro atoms. The molecule has 1 aliphatic carbocycles. The fraction of sp³-hybridized carbons (Fsp3) is 0.625. The molecule has 0 amide bonds. The van der Waals surface area contributed by atoms with Crippen molar-refractivity contribution >= 4 is 31.9 Å². The Morgan fingerprint density at radius 2 is 2.00 bits per heavy atom. The first-order valence-corrected chi connectivity index (χ1v) is 8.88. The third-order valence-corrected chi connectivity index (χ3v) is 5.71. The molecule has 0 radical (unpaired) electrons. The molecule has 1 aromatic carbocycles. The molecule has 0 saturated heterocycles. The van der Waals surface area contributed by atoms with Crippen LogP contribution in [0.4, 0.5) is 0 Å². The van der Waals surface area contributed by atoms with Crippen molar-refractivity contribution in [2.24, 2.45) is 5.92 Å². The lowest BCUT2D eigenvalue weighted by Crippen LogP contribution is -2.34. The molecule has 4 heteroatoms. The van der Waals surface area contributed by atoms with Gasteiger partial charge in [-0.3, -0.25) is 0 Å². The highest BCUT2D eigenvalue weighted by Gasteiger charge is 2.31. The van der Waals surface area contributed by atoms with Crippen molar-refractivity contribution in [3.05, 3.63) is 32.2 Å². The minimum absolute atomic E-state index is 0.397. The van der Waals surface area contributed by atoms with Gasteiger partial charge in [-0.2, -0.15) is 0 Å². The van der Waals surface area contributed by atoms with Gasteiger partial charge in [-0.1, -0.05) is 31.9 Å². The summed E-state index contributed by atoms with van der Waals surface area (Å²) < 4.78 is 8.02. The first kappa shape index (κ1) is 16.5. The zero-order chi connectivity index (χ0) is 14.7. The van der Waals surface area contributed by atoms with E-state index in [2.05, 4.69) is 63.2 Å². The van der Waals surface area contributed by atoms with Crippen LogP contribution in [0.2, 0.25) is 0 Å². The van der Waals surface area contributed by atoms with Crippen molar-refractivity contribution < 1.29 is 4.74 Å². The van der Waals surface area contributed by atoms with Gasteiger partial charge >= 0.3 is 0 Å². The van der Waals surface area contributed by atoms with E-state index in [0.717, 1.165) is 12.5 Å². The van der Waals surface area contributed by atoms with E-state index in [1.807, 2.05) is 7.05 Å². The Bertz CT molecular complexity index is 458. The van der Waals surface area contributed by atoms with Gasteiger partial charge in [0.1, 0.15) is 0 Å². The molecule has 0 bridgehead atoms. The van der Waals surface area contributed by atoms with E-state index in [-0.39, 0.29) is 0 Å². The topological polar surface area (TPSA) is 21.3 Å². The summed E-state index contributed by atoms with van der Waals surface area (Å²) in [5.41, 5.74) is 2.60. The maximum atomic E-state index is 5.65. The van der Waals surface area contributed by atoms with Crippen LogP contribution in [0, 0.1) is 12.8 Å². The summed E-state index contributed by atoms with van der Waals surface area (Å²) in [6, 6.07) is 4.82. The van der Waals surface area contributed by atoms with Crippen LogP contribution in [0.25, 0.3) is 0 Å². The van der Waals surface area contributed by atoms with Gasteiger partial charge in [0.2, 0.25) is 0 Å². The number of benzene rings is 1. The summed E-state index contributed by atoms with van der Waals surface area (Å²) in [5.74, 6) is 0.774. The standard InChI is InChI=1S/C16H23Br2NO/c1-4-20-12-6-11(7-12)8-16(19-3)13-9-14(17)10(2)5-15(13)18/h5,9,11-12,16,19H,4,6-8H2,1-3H3. The lowest BCUT2D eigenvalue weighted by atomic mass is 9.77. The van der Waals surface area contributed by atoms with Crippen molar-refractivity contribution in [1.29, 1.82) is 0 Å². The van der Waals surface area contributed by atoms with Crippen molar-refractivity contribution in [3.63, 3.8) is 0 Å². The van der Waals surface area contributed by atoms with E-state index in [1.54, 1.807) is 0 Å². The molecule has 0 aliphatic heterocycles. The zero-order valence-corrected chi connectivity index (χ0v) is 15.6. The lowest BCUT2D eigenvalue weighted by Gasteiger charge is -2.37. The lowest BCUT2D eigenvalue weighted by molar-refractivity contribution is -0.0289. The molecule has 1 saturated carbocycles. The van der Waals surface area contributed by atoms with E-state index in [9.17, 15) is 0 Å². The average Bonchev–Trinajstić information content (AvgIpc) is 2.37. The Balaban J connectivity index is 2.01. The summed E-state index contributed by atoms with van der Waals surface area (Å²) in [6.45, 7) is 5.03. The van der Waals surface area contributed by atoms with E-state index in [1.165, 1.54) is 39.3 Å². The van der Waals surface area contributed by atoms with Crippen LogP contribution in [0.3, 0.4) is 0 Å². The monoisotopic (exact) mass is 403 g/mol. The van der Waals surface area contributed by atoms with Gasteiger partial charge in [0.15, 0.2) is 0 Å². The van der Waals surface area contributed by atoms with Crippen LogP contribution in [-0.4, -0.2) is 19.8 Å². The number of nitrogens with one attached hydrogen (secondary N) is 1. The molecule has 1 atom stereocenters. The van der Waals surface area contributed by atoms with Crippen molar-refractivity contribution in [1.82, 2.24) is 5.32 Å². The summed E-state index contributed by atoms with van der Waals surface area (Å²) in [7, 11) is 2.05. The fourth-order valence-corrected chi connectivity index (χ4v) is 4.00. The fourth-order valence-electron chi connectivity index (χ4n) is 2.90. The number of ether oxygens (including phenoxy) is 1. The second-order valence-electron chi connectivity index (χ2n) is 5.61. The van der Waals surface area contributed by atoms with Crippen LogP contribution in [0.1, 0.15) is 43.4 Å². The predicted octanol–water partition coefficient (Wildman–Crippen LogP) is 4.99. The van der Waals surface area contributed by atoms with Gasteiger partial charge in [0.05, 0.1) is 6.10 Å². The molecule has 2 nitrogen and oxygen atoms in total. The van der Waals surface area contributed by atoms with Crippen LogP contribution in [-0.2, 0) is 4.74 Å². The number of hydrogen-bond acceptors (Lipinski definition) is 2. The predicted molar refractivity (Wildman–Crippen MR) is 91.1 cm³/mol. The van der Waals surface area contributed by atoms with E-state index in [0.29, 0.717) is 12.1 Å². The average molecular weight is 405 g/mol. The Hall–Kier alpha value is 0.1000. The summed E-state index contributed by atoms with van der Waals surface area (Å²) in [4.78, 5) is 0. The molecular formula is C16H23Br2NO. The van der Waals surface area contributed by atoms with Crippen LogP contribution in [0.15, 0.2) is 21.1 Å². The molecule has 1 aliphatic rings. The smallest absolute Gasteiger partial charge is 0.0580 e. The van der Waals surface area contributed by atoms with Crippen LogP contribution in [0.5, 0.6) is 0 Å². The van der Waals surface area contributed by atoms with Crippen LogP contribution < -0.4 is 5.32 Å². The molecule has 1 aromatic rings. The zero-order valence-electron chi connectivity index (χ0n) is 12.4. The Kier molecular flexibility index (Phi) is 6.09. The maximum absolute atomic E-state index is 5.65. The van der Waals surface area contributed by atoms with Crippen molar-refractivity contribution in [3.8, 4) is 0 Å².